The van der Waals surface area contributed by atoms with Crippen LogP contribution in [0.15, 0.2) is 15.8 Å². The van der Waals surface area contributed by atoms with E-state index in [1.807, 2.05) is 0 Å². The first kappa shape index (κ1) is 32.9. The van der Waals surface area contributed by atoms with Crippen LogP contribution in [0.2, 0.25) is 0 Å². The van der Waals surface area contributed by atoms with Crippen molar-refractivity contribution in [1.82, 2.24) is 20.2 Å². The number of nitrogens with one attached hydrogen (secondary N) is 3. The Balaban J connectivity index is 2.49. The molecule has 0 radical (unpaired) electrons. The summed E-state index contributed by atoms with van der Waals surface area (Å²) in [5.41, 5.74) is -3.34. The molecule has 1 aromatic heterocycles. The van der Waals surface area contributed by atoms with Gasteiger partial charge in [0.05, 0.1) is 12.2 Å². The van der Waals surface area contributed by atoms with E-state index in [0.717, 1.165) is 20.8 Å². The maximum Gasteiger partial charge on any atom is 0.408 e. The van der Waals surface area contributed by atoms with Crippen molar-refractivity contribution >= 4 is 29.9 Å². The van der Waals surface area contributed by atoms with Crippen molar-refractivity contribution in [3.63, 3.8) is 0 Å². The molecule has 2 heterocycles. The smallest absolute Gasteiger partial charge is 0.408 e. The number of esters is 3. The second-order valence-corrected chi connectivity index (χ2v) is 10.1. The molecule has 3 N–H and O–H groups in total. The Morgan fingerprint density at radius 2 is 1.61 bits per heavy atom. The van der Waals surface area contributed by atoms with Crippen LogP contribution >= 0.6 is 0 Å². The molecule has 6 unspecified atom stereocenters. The number of ether oxygens (including phenoxy) is 5. The fraction of sp³-hybridized carbons (Fsp3) is 0.625. The number of hydrogen-bond donors (Lipinski definition) is 3. The van der Waals surface area contributed by atoms with E-state index in [9.17, 15) is 38.0 Å². The molecule has 1 fully saturated rings. The monoisotopic (exact) mass is 588 g/mol. The molecular weight excluding hydrogens is 555 g/mol. The third-order valence-electron chi connectivity index (χ3n) is 5.34. The summed E-state index contributed by atoms with van der Waals surface area (Å²) in [7, 11) is 0. The van der Waals surface area contributed by atoms with Gasteiger partial charge in [-0.2, -0.15) is 4.39 Å². The summed E-state index contributed by atoms with van der Waals surface area (Å²) in [4.78, 5) is 86.5. The van der Waals surface area contributed by atoms with E-state index < -0.39 is 95.8 Å². The van der Waals surface area contributed by atoms with E-state index >= 15 is 0 Å². The van der Waals surface area contributed by atoms with Crippen molar-refractivity contribution in [2.75, 3.05) is 6.61 Å². The minimum Gasteiger partial charge on any atom is -0.464 e. The zero-order valence-electron chi connectivity index (χ0n) is 23.5. The molecule has 0 aromatic carbocycles. The summed E-state index contributed by atoms with van der Waals surface area (Å²) in [6, 6.07) is -2.54. The Bertz CT molecular complexity index is 1290. The van der Waals surface area contributed by atoms with Gasteiger partial charge in [0.15, 0.2) is 18.4 Å². The minimum atomic E-state index is -1.68. The largest absolute Gasteiger partial charge is 0.464 e. The van der Waals surface area contributed by atoms with Crippen molar-refractivity contribution in [2.24, 2.45) is 0 Å². The molecule has 41 heavy (non-hydrogen) atoms. The summed E-state index contributed by atoms with van der Waals surface area (Å²) in [6.07, 6.45) is -6.70. The van der Waals surface area contributed by atoms with E-state index in [1.54, 1.807) is 25.8 Å². The summed E-state index contributed by atoms with van der Waals surface area (Å²) >= 11 is 0. The highest BCUT2D eigenvalue weighted by atomic mass is 19.1. The molecule has 0 spiro atoms. The van der Waals surface area contributed by atoms with E-state index in [1.165, 1.54) is 6.92 Å². The maximum atomic E-state index is 14.1. The van der Waals surface area contributed by atoms with Crippen LogP contribution in [0, 0.1) is 5.82 Å². The lowest BCUT2D eigenvalue weighted by Gasteiger charge is -2.29. The first-order valence-electron chi connectivity index (χ1n) is 12.3. The van der Waals surface area contributed by atoms with Crippen molar-refractivity contribution in [3.05, 3.63) is 32.9 Å². The zero-order chi connectivity index (χ0) is 31.2. The van der Waals surface area contributed by atoms with Gasteiger partial charge in [-0.15, -0.1) is 0 Å². The number of carbonyl (C=O) groups is 5. The third-order valence-corrected chi connectivity index (χ3v) is 5.34. The number of amides is 2. The average Bonchev–Trinajstić information content (AvgIpc) is 3.13. The van der Waals surface area contributed by atoms with Crippen LogP contribution in [-0.4, -0.2) is 82.1 Å². The van der Waals surface area contributed by atoms with Crippen molar-refractivity contribution in [2.45, 2.75) is 90.7 Å². The molecule has 0 bridgehead atoms. The molecule has 6 atom stereocenters. The number of aromatic nitrogens is 2. The normalized spacial score (nSPS) is 21.7. The van der Waals surface area contributed by atoms with E-state index in [0.29, 0.717) is 10.8 Å². The second kappa shape index (κ2) is 13.4. The van der Waals surface area contributed by atoms with Gasteiger partial charge < -0.3 is 34.3 Å². The number of nitrogens with zero attached hydrogens (tertiary/aromatic N) is 1. The predicted molar refractivity (Wildman–Crippen MR) is 134 cm³/mol. The minimum absolute atomic E-state index is 0.502. The van der Waals surface area contributed by atoms with Crippen LogP contribution in [0.3, 0.4) is 0 Å². The third kappa shape index (κ3) is 9.40. The highest BCUT2D eigenvalue weighted by molar-refractivity contribution is 5.85. The molecule has 16 nitrogen and oxygen atoms in total. The molecule has 2 amide bonds. The summed E-state index contributed by atoms with van der Waals surface area (Å²) in [5, 5.41) is 4.84. The number of halogens is 1. The van der Waals surface area contributed by atoms with E-state index in [-0.39, 0.29) is 0 Å². The number of rotatable bonds is 9. The maximum absolute atomic E-state index is 14.1. The molecule has 0 aliphatic carbocycles. The number of aromatic amines is 1. The lowest BCUT2D eigenvalue weighted by Crippen LogP contribution is -2.56. The molecule has 0 saturated carbocycles. The average molecular weight is 589 g/mol. The van der Waals surface area contributed by atoms with Gasteiger partial charge in [0, 0.05) is 20.8 Å². The van der Waals surface area contributed by atoms with Crippen LogP contribution in [-0.2, 0) is 42.9 Å². The fourth-order valence-corrected chi connectivity index (χ4v) is 3.79. The molecular formula is C24H33FN4O12. The van der Waals surface area contributed by atoms with Gasteiger partial charge in [0.2, 0.25) is 11.7 Å². The van der Waals surface area contributed by atoms with Gasteiger partial charge in [0.1, 0.15) is 24.4 Å². The van der Waals surface area contributed by atoms with Crippen molar-refractivity contribution in [3.8, 4) is 0 Å². The van der Waals surface area contributed by atoms with E-state index in [4.69, 9.17) is 23.7 Å². The molecule has 1 saturated heterocycles. The zero-order valence-corrected chi connectivity index (χ0v) is 23.5. The Hall–Kier alpha value is -4.28. The summed E-state index contributed by atoms with van der Waals surface area (Å²) < 4.78 is 41.3. The number of alkyl carbamates (subject to hydrolysis) is 1. The topological polar surface area (TPSA) is 210 Å². The number of carbonyl (C=O) groups excluding carboxylic acids is 5. The molecule has 1 aliphatic rings. The number of hydrogen-bond acceptors (Lipinski definition) is 12. The quantitative estimate of drug-likeness (QED) is 0.244. The van der Waals surface area contributed by atoms with Gasteiger partial charge in [-0.3, -0.25) is 33.5 Å². The standard InChI is InChI=1S/C24H33FN4O12/c1-10(26-23(36)41-24(5,6)7)19(33)27-15(9-37-11(2)30)16-17(38-12(3)31)18(39-13(4)32)21(40-16)29-8-14(25)20(34)28-22(29)35/h8,10,15-18,21H,9H2,1-7H3,(H,26,36)(H,27,33)(H,28,34,35). The van der Waals surface area contributed by atoms with Crippen molar-refractivity contribution < 1.29 is 52.0 Å². The van der Waals surface area contributed by atoms with E-state index in [2.05, 4.69) is 10.6 Å². The van der Waals surface area contributed by atoms with Gasteiger partial charge in [-0.05, 0) is 27.7 Å². The van der Waals surface area contributed by atoms with Crippen LogP contribution in [0.1, 0.15) is 54.7 Å². The molecule has 1 aliphatic heterocycles. The van der Waals surface area contributed by atoms with Gasteiger partial charge in [-0.1, -0.05) is 0 Å². The second-order valence-electron chi connectivity index (χ2n) is 10.1. The highest BCUT2D eigenvalue weighted by Crippen LogP contribution is 2.35. The molecule has 1 aromatic rings. The molecule has 228 valence electrons. The molecule has 17 heteroatoms. The first-order valence-corrected chi connectivity index (χ1v) is 12.3. The van der Waals surface area contributed by atoms with Crippen LogP contribution < -0.4 is 21.9 Å². The SMILES string of the molecule is CC(=O)OCC(NC(=O)C(C)NC(=O)OC(C)(C)C)C1OC(n2cc(F)c(=O)[nH]c2=O)C(OC(C)=O)C1OC(C)=O. The highest BCUT2D eigenvalue weighted by Gasteiger charge is 2.54. The lowest BCUT2D eigenvalue weighted by atomic mass is 10.0. The Morgan fingerprint density at radius 1 is 1.02 bits per heavy atom. The van der Waals surface area contributed by atoms with Gasteiger partial charge in [-0.25, -0.2) is 9.59 Å². The van der Waals surface area contributed by atoms with Crippen LogP contribution in [0.5, 0.6) is 0 Å². The Labute approximate surface area is 232 Å². The number of H-pyrrole nitrogens is 1. The molecule has 2 rings (SSSR count). The Kier molecular flexibility index (Phi) is 10.7. The van der Waals surface area contributed by atoms with Crippen LogP contribution in [0.25, 0.3) is 0 Å². The van der Waals surface area contributed by atoms with Crippen molar-refractivity contribution in [1.29, 1.82) is 0 Å². The Morgan fingerprint density at radius 3 is 2.15 bits per heavy atom. The summed E-state index contributed by atoms with van der Waals surface area (Å²) in [5.74, 6) is -4.76. The van der Waals surface area contributed by atoms with Gasteiger partial charge in [0.25, 0.3) is 5.56 Å². The first-order chi connectivity index (χ1) is 18.9. The fourth-order valence-electron chi connectivity index (χ4n) is 3.79. The van der Waals surface area contributed by atoms with Gasteiger partial charge >= 0.3 is 29.7 Å². The predicted octanol–water partition coefficient (Wildman–Crippen LogP) is -0.602. The lowest BCUT2D eigenvalue weighted by molar-refractivity contribution is -0.166. The van der Waals surface area contributed by atoms with Crippen LogP contribution in [0.4, 0.5) is 9.18 Å². The summed E-state index contributed by atoms with van der Waals surface area (Å²) in [6.45, 7) is 8.72.